The molecule has 2 N–H and O–H groups in total. The van der Waals surface area contributed by atoms with Crippen LogP contribution >= 0.6 is 0 Å². The molecule has 1 fully saturated rings. The smallest absolute Gasteiger partial charge is 0.343 e. The predicted octanol–water partition coefficient (Wildman–Crippen LogP) is 3.78. The molecule has 0 unspecified atom stereocenters. The molecule has 130 valence electrons. The number of carbonyl (C=O) groups excluding carboxylic acids is 1. The minimum atomic E-state index is -0.389. The van der Waals surface area contributed by atoms with Crippen molar-refractivity contribution in [2.45, 2.75) is 38.6 Å². The van der Waals surface area contributed by atoms with Crippen LogP contribution in [-0.4, -0.2) is 33.7 Å². The molecule has 6 nitrogen and oxygen atoms in total. The van der Waals surface area contributed by atoms with Gasteiger partial charge in [0.25, 0.3) is 0 Å². The summed E-state index contributed by atoms with van der Waals surface area (Å²) < 4.78 is 6.73. The number of anilines is 1. The first-order valence-corrected chi connectivity index (χ1v) is 8.69. The summed E-state index contributed by atoms with van der Waals surface area (Å²) in [7, 11) is 1.38. The standard InChI is InChI=1S/C19H22N4O2/c1-12-6-5-7-13(10-12)16-18(21-14-8-3-4-9-14)23-17(22-16)15(11-20-23)19(24)25-2/h5-7,10-11,14,20-21H,3-4,8-9H2,1-2H3. The van der Waals surface area contributed by atoms with E-state index in [1.807, 2.05) is 16.6 Å². The molecular weight excluding hydrogens is 316 g/mol. The molecular formula is C19H22N4O2. The molecule has 0 bridgehead atoms. The van der Waals surface area contributed by atoms with Crippen molar-refractivity contribution in [2.75, 3.05) is 12.4 Å². The third-order valence-corrected chi connectivity index (χ3v) is 4.85. The van der Waals surface area contributed by atoms with Gasteiger partial charge in [0.2, 0.25) is 0 Å². The molecule has 0 atom stereocenters. The second-order valence-corrected chi connectivity index (χ2v) is 6.64. The van der Waals surface area contributed by atoms with Crippen LogP contribution in [0.4, 0.5) is 5.82 Å². The van der Waals surface area contributed by atoms with E-state index in [9.17, 15) is 4.79 Å². The highest BCUT2D eigenvalue weighted by Crippen LogP contribution is 2.33. The Kier molecular flexibility index (Phi) is 3.95. The van der Waals surface area contributed by atoms with E-state index >= 15 is 0 Å². The number of aromatic nitrogens is 3. The van der Waals surface area contributed by atoms with E-state index < -0.39 is 0 Å². The van der Waals surface area contributed by atoms with Crippen molar-refractivity contribution >= 4 is 17.4 Å². The van der Waals surface area contributed by atoms with Gasteiger partial charge in [0, 0.05) is 17.8 Å². The van der Waals surface area contributed by atoms with Crippen LogP contribution in [0.15, 0.2) is 30.5 Å². The average Bonchev–Trinajstić information content (AvgIpc) is 3.32. The van der Waals surface area contributed by atoms with Gasteiger partial charge < -0.3 is 10.1 Å². The van der Waals surface area contributed by atoms with E-state index in [1.165, 1.54) is 25.5 Å². The van der Waals surface area contributed by atoms with Crippen LogP contribution < -0.4 is 5.32 Å². The Morgan fingerprint density at radius 3 is 2.88 bits per heavy atom. The molecule has 25 heavy (non-hydrogen) atoms. The number of hydrogen-bond acceptors (Lipinski definition) is 4. The number of methoxy groups -OCH3 is 1. The molecule has 2 heterocycles. The SMILES string of the molecule is COC(=O)c1c[nH]n2c(NC3CCCC3)c(-c3cccc(C)c3)nc12. The Bertz CT molecular complexity index is 919. The van der Waals surface area contributed by atoms with E-state index in [1.54, 1.807) is 6.20 Å². The molecule has 0 aliphatic heterocycles. The van der Waals surface area contributed by atoms with Gasteiger partial charge in [0.05, 0.1) is 7.11 Å². The highest BCUT2D eigenvalue weighted by Gasteiger charge is 2.24. The number of nitrogens with one attached hydrogen (secondary N) is 2. The lowest BCUT2D eigenvalue weighted by Gasteiger charge is -2.14. The van der Waals surface area contributed by atoms with Gasteiger partial charge in [-0.3, -0.25) is 5.10 Å². The Hall–Kier alpha value is -2.76. The number of nitrogens with zero attached hydrogens (tertiary/aromatic N) is 2. The topological polar surface area (TPSA) is 71.4 Å². The lowest BCUT2D eigenvalue weighted by Crippen LogP contribution is -2.16. The first-order chi connectivity index (χ1) is 12.2. The minimum Gasteiger partial charge on any atom is -0.465 e. The highest BCUT2D eigenvalue weighted by atomic mass is 16.5. The zero-order valence-corrected chi connectivity index (χ0v) is 14.5. The molecule has 0 saturated heterocycles. The van der Waals surface area contributed by atoms with E-state index in [0.29, 0.717) is 17.3 Å². The summed E-state index contributed by atoms with van der Waals surface area (Å²) in [6.45, 7) is 2.06. The summed E-state index contributed by atoms with van der Waals surface area (Å²) in [5, 5.41) is 6.78. The number of esters is 1. The fourth-order valence-corrected chi connectivity index (χ4v) is 3.57. The van der Waals surface area contributed by atoms with Gasteiger partial charge >= 0.3 is 5.97 Å². The summed E-state index contributed by atoms with van der Waals surface area (Å²) in [5.74, 6) is 0.516. The number of rotatable bonds is 4. The van der Waals surface area contributed by atoms with Gasteiger partial charge in [-0.1, -0.05) is 36.6 Å². The zero-order chi connectivity index (χ0) is 17.4. The maximum Gasteiger partial charge on any atom is 0.343 e. The summed E-state index contributed by atoms with van der Waals surface area (Å²) in [6, 6.07) is 8.69. The monoisotopic (exact) mass is 338 g/mol. The summed E-state index contributed by atoms with van der Waals surface area (Å²) in [5.41, 5.74) is 4.09. The normalized spacial score (nSPS) is 15.0. The minimum absolute atomic E-state index is 0.389. The fourth-order valence-electron chi connectivity index (χ4n) is 3.57. The molecule has 0 spiro atoms. The van der Waals surface area contributed by atoms with Crippen LogP contribution in [0.1, 0.15) is 41.6 Å². The number of aryl methyl sites for hydroxylation is 1. The van der Waals surface area contributed by atoms with Gasteiger partial charge in [-0.2, -0.15) is 0 Å². The Labute approximate surface area is 146 Å². The molecule has 4 rings (SSSR count). The number of H-pyrrole nitrogens is 1. The molecule has 1 aliphatic rings. The first kappa shape index (κ1) is 15.7. The van der Waals surface area contributed by atoms with Crippen molar-refractivity contribution in [1.82, 2.24) is 14.6 Å². The quantitative estimate of drug-likeness (QED) is 0.710. The van der Waals surface area contributed by atoms with Gasteiger partial charge in [-0.15, -0.1) is 0 Å². The van der Waals surface area contributed by atoms with E-state index in [4.69, 9.17) is 9.72 Å². The average molecular weight is 338 g/mol. The van der Waals surface area contributed by atoms with E-state index in [2.05, 4.69) is 29.5 Å². The summed E-state index contributed by atoms with van der Waals surface area (Å²) in [6.07, 6.45) is 6.46. The van der Waals surface area contributed by atoms with Crippen LogP contribution in [-0.2, 0) is 4.74 Å². The highest BCUT2D eigenvalue weighted by molar-refractivity contribution is 5.97. The largest absolute Gasteiger partial charge is 0.465 e. The Morgan fingerprint density at radius 2 is 2.16 bits per heavy atom. The van der Waals surface area contributed by atoms with Crippen molar-refractivity contribution in [3.8, 4) is 11.3 Å². The van der Waals surface area contributed by atoms with Crippen molar-refractivity contribution in [3.63, 3.8) is 0 Å². The molecule has 1 aliphatic carbocycles. The molecule has 6 heteroatoms. The van der Waals surface area contributed by atoms with Gasteiger partial charge in [-0.25, -0.2) is 14.3 Å². The maximum absolute atomic E-state index is 12.0. The number of fused-ring (bicyclic) bond motifs is 1. The van der Waals surface area contributed by atoms with Crippen LogP contribution in [0.5, 0.6) is 0 Å². The van der Waals surface area contributed by atoms with Crippen molar-refractivity contribution in [2.24, 2.45) is 0 Å². The van der Waals surface area contributed by atoms with Crippen molar-refractivity contribution in [1.29, 1.82) is 0 Å². The van der Waals surface area contributed by atoms with Gasteiger partial charge in [0.15, 0.2) is 11.5 Å². The van der Waals surface area contributed by atoms with Gasteiger partial charge in [-0.05, 0) is 25.8 Å². The molecule has 0 radical (unpaired) electrons. The fraction of sp³-hybridized carbons (Fsp3) is 0.368. The maximum atomic E-state index is 12.0. The Balaban J connectivity index is 1.86. The van der Waals surface area contributed by atoms with E-state index in [-0.39, 0.29) is 5.97 Å². The summed E-state index contributed by atoms with van der Waals surface area (Å²) >= 11 is 0. The Morgan fingerprint density at radius 1 is 1.36 bits per heavy atom. The second-order valence-electron chi connectivity index (χ2n) is 6.64. The molecule has 0 amide bonds. The van der Waals surface area contributed by atoms with E-state index in [0.717, 1.165) is 29.9 Å². The van der Waals surface area contributed by atoms with Crippen molar-refractivity contribution < 1.29 is 9.53 Å². The first-order valence-electron chi connectivity index (χ1n) is 8.69. The molecule has 2 aromatic heterocycles. The number of benzene rings is 1. The lowest BCUT2D eigenvalue weighted by molar-refractivity contribution is 0.0602. The lowest BCUT2D eigenvalue weighted by atomic mass is 10.1. The number of carbonyl (C=O) groups is 1. The molecule has 1 aromatic carbocycles. The van der Waals surface area contributed by atoms with Crippen LogP contribution in [0.2, 0.25) is 0 Å². The van der Waals surface area contributed by atoms with Crippen LogP contribution in [0.3, 0.4) is 0 Å². The third-order valence-electron chi connectivity index (χ3n) is 4.85. The number of ether oxygens (including phenoxy) is 1. The van der Waals surface area contributed by atoms with Crippen LogP contribution in [0, 0.1) is 6.92 Å². The predicted molar refractivity (Wildman–Crippen MR) is 96.9 cm³/mol. The zero-order valence-electron chi connectivity index (χ0n) is 14.5. The number of imidazole rings is 1. The van der Waals surface area contributed by atoms with Crippen molar-refractivity contribution in [3.05, 3.63) is 41.6 Å². The van der Waals surface area contributed by atoms with Gasteiger partial charge in [0.1, 0.15) is 11.3 Å². The third kappa shape index (κ3) is 2.77. The molecule has 3 aromatic rings. The molecule has 1 saturated carbocycles. The summed E-state index contributed by atoms with van der Waals surface area (Å²) in [4.78, 5) is 16.8. The number of aromatic amines is 1. The second kappa shape index (κ2) is 6.27. The number of hydrogen-bond donors (Lipinski definition) is 2. The van der Waals surface area contributed by atoms with Crippen LogP contribution in [0.25, 0.3) is 16.9 Å².